The average molecular weight is 331 g/mol. The number of nitrogens with zero attached hydrogens (tertiary/aromatic N) is 1. The minimum atomic E-state index is -4.78. The first kappa shape index (κ1) is 14.8. The zero-order chi connectivity index (χ0) is 17.1. The van der Waals surface area contributed by atoms with E-state index in [0.717, 1.165) is 11.1 Å². The molecule has 0 fully saturated rings. The number of amides is 1. The van der Waals surface area contributed by atoms with Crippen molar-refractivity contribution in [2.24, 2.45) is 0 Å². The maximum Gasteiger partial charge on any atom is 0.573 e. The fraction of sp³-hybridized carbons (Fsp3) is 0.167. The van der Waals surface area contributed by atoms with Gasteiger partial charge in [-0.3, -0.25) is 4.79 Å². The van der Waals surface area contributed by atoms with Gasteiger partial charge in [0.25, 0.3) is 0 Å². The molecule has 0 bridgehead atoms. The number of rotatable bonds is 1. The summed E-state index contributed by atoms with van der Waals surface area (Å²) in [5, 5.41) is 0. The lowest BCUT2D eigenvalue weighted by atomic mass is 9.77. The highest BCUT2D eigenvalue weighted by Gasteiger charge is 2.52. The van der Waals surface area contributed by atoms with Crippen molar-refractivity contribution in [1.29, 1.82) is 0 Å². The topological polar surface area (TPSA) is 29.5 Å². The van der Waals surface area contributed by atoms with Crippen molar-refractivity contribution in [3.05, 3.63) is 65.2 Å². The van der Waals surface area contributed by atoms with Crippen LogP contribution in [-0.4, -0.2) is 19.3 Å². The second kappa shape index (κ2) is 4.63. The van der Waals surface area contributed by atoms with Crippen molar-refractivity contribution in [2.75, 3.05) is 11.9 Å². The van der Waals surface area contributed by atoms with Crippen LogP contribution in [0.3, 0.4) is 0 Å². The van der Waals surface area contributed by atoms with Crippen LogP contribution in [0.4, 0.5) is 18.9 Å². The minimum Gasteiger partial charge on any atom is -0.406 e. The molecular formula is C18H12F3NO2. The van der Waals surface area contributed by atoms with Crippen LogP contribution in [-0.2, 0) is 10.2 Å². The first-order chi connectivity index (χ1) is 11.3. The van der Waals surface area contributed by atoms with Gasteiger partial charge in [0.1, 0.15) is 11.2 Å². The Kier molecular flexibility index (Phi) is 2.85. The molecule has 0 N–H and O–H groups in total. The number of carbonyl (C=O) groups is 1. The molecule has 0 radical (unpaired) electrons. The van der Waals surface area contributed by atoms with Crippen molar-refractivity contribution >= 4 is 17.7 Å². The molecule has 1 aliphatic heterocycles. The van der Waals surface area contributed by atoms with Gasteiger partial charge in [-0.1, -0.05) is 36.4 Å². The van der Waals surface area contributed by atoms with E-state index in [1.54, 1.807) is 13.1 Å². The predicted molar refractivity (Wildman–Crippen MR) is 82.8 cm³/mol. The second-order valence-electron chi connectivity index (χ2n) is 5.82. The highest BCUT2D eigenvalue weighted by molar-refractivity contribution is 6.13. The van der Waals surface area contributed by atoms with Crippen molar-refractivity contribution < 1.29 is 22.7 Å². The number of alkyl halides is 3. The Labute approximate surface area is 136 Å². The molecule has 0 saturated carbocycles. The first-order valence-corrected chi connectivity index (χ1v) is 7.30. The Morgan fingerprint density at radius 3 is 2.58 bits per heavy atom. The maximum absolute atomic E-state index is 13.0. The van der Waals surface area contributed by atoms with E-state index in [-0.39, 0.29) is 11.7 Å². The quantitative estimate of drug-likeness (QED) is 0.794. The number of likely N-dealkylation sites (N-methyl/N-ethyl adjacent to an activating group) is 1. The Hall–Kier alpha value is -2.76. The smallest absolute Gasteiger partial charge is 0.406 e. The summed E-state index contributed by atoms with van der Waals surface area (Å²) in [6.07, 6.45) is -1.20. The van der Waals surface area contributed by atoms with Crippen molar-refractivity contribution in [2.45, 2.75) is 11.8 Å². The number of ether oxygens (including phenoxy) is 1. The van der Waals surface area contributed by atoms with Gasteiger partial charge < -0.3 is 9.64 Å². The summed E-state index contributed by atoms with van der Waals surface area (Å²) in [5.74, 6) is -0.524. The van der Waals surface area contributed by atoms with Gasteiger partial charge in [0.15, 0.2) is 0 Å². The molecule has 1 atom stereocenters. The third-order valence-corrected chi connectivity index (χ3v) is 4.53. The maximum atomic E-state index is 13.0. The van der Waals surface area contributed by atoms with E-state index >= 15 is 0 Å². The summed E-state index contributed by atoms with van der Waals surface area (Å²) in [7, 11) is 1.62. The first-order valence-electron chi connectivity index (χ1n) is 7.30. The van der Waals surface area contributed by atoms with Crippen molar-refractivity contribution in [3.63, 3.8) is 0 Å². The SMILES string of the molecule is CN1C(=O)C2(C=Cc3ccccc32)c2cc(OC(F)(F)F)ccc21. The lowest BCUT2D eigenvalue weighted by Gasteiger charge is -2.23. The molecule has 3 nitrogen and oxygen atoms in total. The van der Waals surface area contributed by atoms with E-state index < -0.39 is 11.8 Å². The zero-order valence-electron chi connectivity index (χ0n) is 12.6. The third kappa shape index (κ3) is 1.89. The molecule has 1 spiro atoms. The molecule has 1 amide bonds. The van der Waals surface area contributed by atoms with Gasteiger partial charge in [0.05, 0.1) is 0 Å². The van der Waals surface area contributed by atoms with Gasteiger partial charge in [0, 0.05) is 18.3 Å². The lowest BCUT2D eigenvalue weighted by Crippen LogP contribution is -2.37. The van der Waals surface area contributed by atoms with E-state index in [1.165, 1.54) is 23.1 Å². The molecule has 1 heterocycles. The Balaban J connectivity index is 1.93. The highest BCUT2D eigenvalue weighted by atomic mass is 19.4. The normalized spacial score (nSPS) is 21.3. The lowest BCUT2D eigenvalue weighted by molar-refractivity contribution is -0.274. The van der Waals surface area contributed by atoms with Crippen LogP contribution >= 0.6 is 0 Å². The Morgan fingerprint density at radius 2 is 1.83 bits per heavy atom. The molecule has 2 aromatic rings. The number of hydrogen-bond donors (Lipinski definition) is 0. The zero-order valence-corrected chi connectivity index (χ0v) is 12.6. The van der Waals surface area contributed by atoms with Gasteiger partial charge >= 0.3 is 6.36 Å². The number of hydrogen-bond acceptors (Lipinski definition) is 2. The largest absolute Gasteiger partial charge is 0.573 e. The molecule has 1 unspecified atom stereocenters. The van der Waals surface area contributed by atoms with E-state index in [1.807, 2.05) is 30.3 Å². The van der Waals surface area contributed by atoms with Crippen LogP contribution < -0.4 is 9.64 Å². The molecule has 6 heteroatoms. The molecule has 2 aliphatic rings. The van der Waals surface area contributed by atoms with Crippen LogP contribution in [0.5, 0.6) is 5.75 Å². The van der Waals surface area contributed by atoms with E-state index in [0.29, 0.717) is 11.3 Å². The number of halogens is 3. The van der Waals surface area contributed by atoms with Gasteiger partial charge in [-0.15, -0.1) is 13.2 Å². The Morgan fingerprint density at radius 1 is 1.08 bits per heavy atom. The highest BCUT2D eigenvalue weighted by Crippen LogP contribution is 2.51. The summed E-state index contributed by atoms with van der Waals surface area (Å²) in [6.45, 7) is 0. The fourth-order valence-corrected chi connectivity index (χ4v) is 3.54. The number of fused-ring (bicyclic) bond motifs is 4. The fourth-order valence-electron chi connectivity index (χ4n) is 3.54. The number of carbonyl (C=O) groups excluding carboxylic acids is 1. The molecule has 2 aromatic carbocycles. The summed E-state index contributed by atoms with van der Waals surface area (Å²) < 4.78 is 41.7. The van der Waals surface area contributed by atoms with E-state index in [4.69, 9.17) is 0 Å². The third-order valence-electron chi connectivity index (χ3n) is 4.53. The summed E-state index contributed by atoms with van der Waals surface area (Å²) in [4.78, 5) is 14.4. The predicted octanol–water partition coefficient (Wildman–Crippen LogP) is 3.87. The van der Waals surface area contributed by atoms with Gasteiger partial charge in [-0.2, -0.15) is 0 Å². The molecule has 0 aromatic heterocycles. The number of anilines is 1. The number of benzene rings is 2. The van der Waals surface area contributed by atoms with Crippen molar-refractivity contribution in [1.82, 2.24) is 0 Å². The van der Waals surface area contributed by atoms with Crippen LogP contribution in [0.25, 0.3) is 6.08 Å². The molecule has 122 valence electrons. The molecule has 0 saturated heterocycles. The molecular weight excluding hydrogens is 319 g/mol. The summed E-state index contributed by atoms with van der Waals surface area (Å²) in [5.41, 5.74) is 1.64. The van der Waals surface area contributed by atoms with Gasteiger partial charge in [-0.25, -0.2) is 0 Å². The molecule has 24 heavy (non-hydrogen) atoms. The van der Waals surface area contributed by atoms with Crippen molar-refractivity contribution in [3.8, 4) is 5.75 Å². The second-order valence-corrected chi connectivity index (χ2v) is 5.82. The molecule has 1 aliphatic carbocycles. The van der Waals surface area contributed by atoms with Gasteiger partial charge in [-0.05, 0) is 29.3 Å². The van der Waals surface area contributed by atoms with Crippen LogP contribution in [0.15, 0.2) is 48.5 Å². The summed E-state index contributed by atoms with van der Waals surface area (Å²) in [6, 6.07) is 11.4. The monoisotopic (exact) mass is 331 g/mol. The van der Waals surface area contributed by atoms with Crippen LogP contribution in [0, 0.1) is 0 Å². The summed E-state index contributed by atoms with van der Waals surface area (Å²) >= 11 is 0. The Bertz CT molecular complexity index is 888. The van der Waals surface area contributed by atoms with Crippen LogP contribution in [0.2, 0.25) is 0 Å². The van der Waals surface area contributed by atoms with Gasteiger partial charge in [0.2, 0.25) is 5.91 Å². The minimum absolute atomic E-state index is 0.192. The standard InChI is InChI=1S/C18H12F3NO2/c1-22-15-7-6-12(24-18(19,20)21)10-14(15)17(16(22)23)9-8-11-4-2-3-5-13(11)17/h2-10H,1H3. The molecule has 4 rings (SSSR count). The van der Waals surface area contributed by atoms with E-state index in [9.17, 15) is 18.0 Å². The van der Waals surface area contributed by atoms with Crippen LogP contribution in [0.1, 0.15) is 16.7 Å². The average Bonchev–Trinajstić information content (AvgIpc) is 3.01. The van der Waals surface area contributed by atoms with E-state index in [2.05, 4.69) is 4.74 Å².